The number of rotatable bonds is 4. The molecule has 0 saturated carbocycles. The molecule has 0 spiro atoms. The minimum Gasteiger partial charge on any atom is -0.388 e. The molecule has 2 aliphatic rings. The molecule has 0 aromatic heterocycles. The fourth-order valence-corrected chi connectivity index (χ4v) is 4.58. The molecule has 2 saturated heterocycles. The summed E-state index contributed by atoms with van der Waals surface area (Å²) in [4.78, 5) is 16.5. The molecule has 2 heterocycles. The van der Waals surface area contributed by atoms with Crippen molar-refractivity contribution >= 4 is 17.4 Å². The molecule has 32 heavy (non-hydrogen) atoms. The number of likely N-dealkylation sites (tertiary alicyclic amines) is 1. The Bertz CT molecular complexity index is 922. The van der Waals surface area contributed by atoms with E-state index in [-0.39, 0.29) is 11.6 Å². The molecule has 0 radical (unpaired) electrons. The molecule has 2 aliphatic heterocycles. The first-order valence-electron chi connectivity index (χ1n) is 11.1. The van der Waals surface area contributed by atoms with Gasteiger partial charge >= 0.3 is 12.2 Å². The number of nitrogens with one attached hydrogen (secondary N) is 1. The van der Waals surface area contributed by atoms with Gasteiger partial charge in [-0.2, -0.15) is 13.2 Å². The van der Waals surface area contributed by atoms with Gasteiger partial charge in [0.15, 0.2) is 0 Å². The van der Waals surface area contributed by atoms with Crippen LogP contribution in [0.4, 0.5) is 29.3 Å². The van der Waals surface area contributed by atoms with Crippen LogP contribution in [0.25, 0.3) is 0 Å². The number of halogens is 3. The van der Waals surface area contributed by atoms with Crippen LogP contribution in [0.3, 0.4) is 0 Å². The van der Waals surface area contributed by atoms with Crippen molar-refractivity contribution in [3.8, 4) is 0 Å². The minimum atomic E-state index is -4.48. The number of carbonyl (C=O) groups excluding carboxylic acids is 1. The second-order valence-electron chi connectivity index (χ2n) is 8.53. The molecule has 8 heteroatoms. The quantitative estimate of drug-likeness (QED) is 0.670. The Hall–Kier alpha value is -2.74. The first-order valence-corrected chi connectivity index (χ1v) is 11.1. The smallest absolute Gasteiger partial charge is 0.388 e. The lowest BCUT2D eigenvalue weighted by Crippen LogP contribution is -2.42. The minimum absolute atomic E-state index is 0.0372. The number of aliphatic hydroxyl groups is 1. The van der Waals surface area contributed by atoms with E-state index in [1.54, 1.807) is 4.90 Å². The van der Waals surface area contributed by atoms with Crippen LogP contribution >= 0.6 is 0 Å². The van der Waals surface area contributed by atoms with Crippen molar-refractivity contribution in [2.24, 2.45) is 5.92 Å². The zero-order chi connectivity index (χ0) is 22.7. The number of urea groups is 1. The highest BCUT2D eigenvalue weighted by molar-refractivity contribution is 5.93. The average molecular weight is 448 g/mol. The van der Waals surface area contributed by atoms with Gasteiger partial charge < -0.3 is 20.2 Å². The molecule has 5 nitrogen and oxygen atoms in total. The van der Waals surface area contributed by atoms with E-state index < -0.39 is 23.9 Å². The Labute approximate surface area is 185 Å². The Morgan fingerprint density at radius 1 is 1.00 bits per heavy atom. The first kappa shape index (κ1) is 22.5. The number of hydrogen-bond acceptors (Lipinski definition) is 3. The molecule has 172 valence electrons. The molecular weight excluding hydrogens is 419 g/mol. The number of benzene rings is 2. The van der Waals surface area contributed by atoms with Gasteiger partial charge in [0.1, 0.15) is 0 Å². The third kappa shape index (κ3) is 5.01. The third-order valence-electron chi connectivity index (χ3n) is 6.43. The number of amides is 2. The number of alkyl halides is 3. The monoisotopic (exact) mass is 447 g/mol. The molecule has 0 unspecified atom stereocenters. The highest BCUT2D eigenvalue weighted by atomic mass is 19.4. The second kappa shape index (κ2) is 9.40. The molecule has 1 atom stereocenters. The van der Waals surface area contributed by atoms with Crippen LogP contribution in [-0.4, -0.2) is 42.2 Å². The summed E-state index contributed by atoms with van der Waals surface area (Å²) < 4.78 is 39.8. The van der Waals surface area contributed by atoms with Crippen molar-refractivity contribution in [1.82, 2.24) is 4.90 Å². The summed E-state index contributed by atoms with van der Waals surface area (Å²) in [5.74, 6) is 0.0372. The third-order valence-corrected chi connectivity index (χ3v) is 6.43. The van der Waals surface area contributed by atoms with Crippen molar-refractivity contribution < 1.29 is 23.1 Å². The fourth-order valence-electron chi connectivity index (χ4n) is 4.58. The summed E-state index contributed by atoms with van der Waals surface area (Å²) >= 11 is 0. The van der Waals surface area contributed by atoms with Gasteiger partial charge in [0.2, 0.25) is 0 Å². The summed E-state index contributed by atoms with van der Waals surface area (Å²) in [5, 5.41) is 13.4. The summed E-state index contributed by atoms with van der Waals surface area (Å²) in [6.45, 7) is 2.41. The maximum Gasteiger partial charge on any atom is 0.416 e. The van der Waals surface area contributed by atoms with E-state index in [0.29, 0.717) is 31.6 Å². The normalized spacial score (nSPS) is 18.6. The second-order valence-corrected chi connectivity index (χ2v) is 8.53. The van der Waals surface area contributed by atoms with Crippen LogP contribution in [0.15, 0.2) is 48.5 Å². The van der Waals surface area contributed by atoms with E-state index in [0.717, 1.165) is 43.6 Å². The number of piperidine rings is 1. The van der Waals surface area contributed by atoms with E-state index in [1.165, 1.54) is 6.07 Å². The zero-order valence-corrected chi connectivity index (χ0v) is 17.8. The van der Waals surface area contributed by atoms with Crippen LogP contribution < -0.4 is 10.2 Å². The molecular formula is C24H28F3N3O2. The van der Waals surface area contributed by atoms with Crippen LogP contribution in [-0.2, 0) is 6.18 Å². The Morgan fingerprint density at radius 2 is 1.66 bits per heavy atom. The average Bonchev–Trinajstić information content (AvgIpc) is 3.33. The van der Waals surface area contributed by atoms with Crippen LogP contribution in [0.1, 0.15) is 42.9 Å². The molecule has 4 rings (SSSR count). The highest BCUT2D eigenvalue weighted by Gasteiger charge is 2.33. The largest absolute Gasteiger partial charge is 0.416 e. The number of aliphatic hydroxyl groups excluding tert-OH is 1. The van der Waals surface area contributed by atoms with Gasteiger partial charge in [-0.05, 0) is 55.4 Å². The van der Waals surface area contributed by atoms with E-state index in [2.05, 4.69) is 5.32 Å². The SMILES string of the molecule is O=C(Nc1cc(C(F)(F)F)ccc1N1CCCC1)N1CCC([C@@H](O)c2ccccc2)CC1. The number of hydrogen-bond donors (Lipinski definition) is 2. The highest BCUT2D eigenvalue weighted by Crippen LogP contribution is 2.37. The fraction of sp³-hybridized carbons (Fsp3) is 0.458. The predicted octanol–water partition coefficient (Wildman–Crippen LogP) is 5.28. The lowest BCUT2D eigenvalue weighted by molar-refractivity contribution is -0.137. The van der Waals surface area contributed by atoms with Gasteiger partial charge in [0.25, 0.3) is 0 Å². The lowest BCUT2D eigenvalue weighted by Gasteiger charge is -2.34. The summed E-state index contributed by atoms with van der Waals surface area (Å²) in [6.07, 6.45) is -1.85. The molecule has 0 bridgehead atoms. The van der Waals surface area contributed by atoms with Crippen LogP contribution in [0, 0.1) is 5.92 Å². The van der Waals surface area contributed by atoms with Gasteiger partial charge in [0.05, 0.1) is 23.0 Å². The van der Waals surface area contributed by atoms with Gasteiger partial charge in [-0.3, -0.25) is 0 Å². The van der Waals surface area contributed by atoms with Gasteiger partial charge in [0, 0.05) is 26.2 Å². The standard InChI is InChI=1S/C24H28F3N3O2/c25-24(26,27)19-8-9-21(29-12-4-5-13-29)20(16-19)28-23(32)30-14-10-18(11-15-30)22(31)17-6-2-1-3-7-17/h1-3,6-9,16,18,22,31H,4-5,10-15H2,(H,28,32)/t22-/m0/s1. The van der Waals surface area contributed by atoms with Crippen LogP contribution in [0.5, 0.6) is 0 Å². The van der Waals surface area contributed by atoms with Gasteiger partial charge in [-0.1, -0.05) is 30.3 Å². The van der Waals surface area contributed by atoms with Gasteiger partial charge in [-0.15, -0.1) is 0 Å². The van der Waals surface area contributed by atoms with E-state index in [9.17, 15) is 23.1 Å². The molecule has 2 amide bonds. The van der Waals surface area contributed by atoms with Crippen molar-refractivity contribution in [3.05, 3.63) is 59.7 Å². The number of carbonyl (C=O) groups is 1. The number of anilines is 2. The van der Waals surface area contributed by atoms with Crippen LogP contribution in [0.2, 0.25) is 0 Å². The molecule has 0 aliphatic carbocycles. The molecule has 2 N–H and O–H groups in total. The van der Waals surface area contributed by atoms with Crippen molar-refractivity contribution in [1.29, 1.82) is 0 Å². The molecule has 2 aromatic rings. The Kier molecular flexibility index (Phi) is 6.60. The molecule has 2 aromatic carbocycles. The van der Waals surface area contributed by atoms with Crippen molar-refractivity contribution in [2.45, 2.75) is 38.0 Å². The van der Waals surface area contributed by atoms with E-state index in [4.69, 9.17) is 0 Å². The van der Waals surface area contributed by atoms with Crippen molar-refractivity contribution in [2.75, 3.05) is 36.4 Å². The maximum absolute atomic E-state index is 13.3. The van der Waals surface area contributed by atoms with E-state index >= 15 is 0 Å². The topological polar surface area (TPSA) is 55.8 Å². The summed E-state index contributed by atoms with van der Waals surface area (Å²) in [7, 11) is 0. The summed E-state index contributed by atoms with van der Waals surface area (Å²) in [6, 6.07) is 12.6. The Balaban J connectivity index is 1.43. The summed E-state index contributed by atoms with van der Waals surface area (Å²) in [5.41, 5.74) is 0.895. The Morgan fingerprint density at radius 3 is 2.28 bits per heavy atom. The molecule has 2 fully saturated rings. The lowest BCUT2D eigenvalue weighted by atomic mass is 9.87. The van der Waals surface area contributed by atoms with Crippen molar-refractivity contribution in [3.63, 3.8) is 0 Å². The van der Waals surface area contributed by atoms with Gasteiger partial charge in [-0.25, -0.2) is 4.79 Å². The predicted molar refractivity (Wildman–Crippen MR) is 118 cm³/mol. The zero-order valence-electron chi connectivity index (χ0n) is 17.8. The first-order chi connectivity index (χ1) is 15.3. The maximum atomic E-state index is 13.3. The number of nitrogens with zero attached hydrogens (tertiary/aromatic N) is 2. The van der Waals surface area contributed by atoms with E-state index in [1.807, 2.05) is 35.2 Å².